The van der Waals surface area contributed by atoms with E-state index in [9.17, 15) is 14.7 Å². The molecule has 148 valence electrons. The van der Waals surface area contributed by atoms with Gasteiger partial charge in [0.15, 0.2) is 5.13 Å². The normalized spacial score (nSPS) is 25.8. The number of carbonyl (C=O) groups is 2. The summed E-state index contributed by atoms with van der Waals surface area (Å²) in [5.74, 6) is -2.70. The summed E-state index contributed by atoms with van der Waals surface area (Å²) in [6, 6.07) is 8.34. The van der Waals surface area contributed by atoms with Crippen LogP contribution in [0.4, 0.5) is 5.13 Å². The maximum atomic E-state index is 12.8. The number of nitrogens with zero attached hydrogens (tertiary/aromatic N) is 1. The number of carboxylic acid groups (broad SMARTS) is 1. The van der Waals surface area contributed by atoms with Crippen molar-refractivity contribution in [2.24, 2.45) is 11.8 Å². The van der Waals surface area contributed by atoms with E-state index in [2.05, 4.69) is 41.5 Å². The summed E-state index contributed by atoms with van der Waals surface area (Å²) in [7, 11) is 0. The zero-order valence-electron chi connectivity index (χ0n) is 16.0. The Kier molecular flexibility index (Phi) is 5.21. The van der Waals surface area contributed by atoms with Gasteiger partial charge in [-0.05, 0) is 31.7 Å². The number of aromatic nitrogens is 1. The molecular weight excluding hydrogens is 376 g/mol. The van der Waals surface area contributed by atoms with Crippen LogP contribution in [0.5, 0.6) is 0 Å². The molecule has 1 aromatic carbocycles. The molecule has 2 bridgehead atoms. The third kappa shape index (κ3) is 3.44. The van der Waals surface area contributed by atoms with Gasteiger partial charge in [-0.2, -0.15) is 0 Å². The molecule has 28 heavy (non-hydrogen) atoms. The number of thiazole rings is 1. The highest BCUT2D eigenvalue weighted by atomic mass is 32.1. The number of aliphatic carboxylic acids is 1. The first-order chi connectivity index (χ1) is 13.5. The molecule has 0 spiro atoms. The number of hydrogen-bond donors (Lipinski definition) is 2. The van der Waals surface area contributed by atoms with Crippen LogP contribution < -0.4 is 5.32 Å². The maximum Gasteiger partial charge on any atom is 0.310 e. The molecule has 4 atom stereocenters. The number of aryl methyl sites for hydroxylation is 2. The van der Waals surface area contributed by atoms with Gasteiger partial charge in [-0.1, -0.05) is 37.6 Å². The van der Waals surface area contributed by atoms with Gasteiger partial charge >= 0.3 is 5.97 Å². The van der Waals surface area contributed by atoms with E-state index >= 15 is 0 Å². The highest BCUT2D eigenvalue weighted by molar-refractivity contribution is 7.16. The Labute approximate surface area is 167 Å². The number of ether oxygens (including phenoxy) is 1. The molecule has 0 unspecified atom stereocenters. The minimum absolute atomic E-state index is 0.307. The van der Waals surface area contributed by atoms with Gasteiger partial charge in [0, 0.05) is 10.4 Å². The summed E-state index contributed by atoms with van der Waals surface area (Å²) in [4.78, 5) is 30.0. The summed E-state index contributed by atoms with van der Waals surface area (Å²) in [6.45, 7) is 4.13. The van der Waals surface area contributed by atoms with Gasteiger partial charge in [0.25, 0.3) is 0 Å². The van der Waals surface area contributed by atoms with Gasteiger partial charge < -0.3 is 15.2 Å². The van der Waals surface area contributed by atoms with Crippen molar-refractivity contribution in [3.05, 3.63) is 34.7 Å². The topological polar surface area (TPSA) is 88.5 Å². The molecular formula is C21H24N2O4S. The molecule has 2 saturated heterocycles. The highest BCUT2D eigenvalue weighted by Gasteiger charge is 2.55. The number of carboxylic acids is 1. The van der Waals surface area contributed by atoms with Gasteiger partial charge in [-0.15, -0.1) is 11.3 Å². The summed E-state index contributed by atoms with van der Waals surface area (Å²) >= 11 is 1.41. The molecule has 2 fully saturated rings. The van der Waals surface area contributed by atoms with Crippen molar-refractivity contribution in [2.45, 2.75) is 51.7 Å². The lowest BCUT2D eigenvalue weighted by molar-refractivity contribution is -0.147. The molecule has 0 radical (unpaired) electrons. The van der Waals surface area contributed by atoms with Crippen LogP contribution in [0.1, 0.15) is 36.6 Å². The zero-order valence-corrected chi connectivity index (χ0v) is 16.8. The van der Waals surface area contributed by atoms with Crippen molar-refractivity contribution in [1.82, 2.24) is 4.98 Å². The fourth-order valence-electron chi connectivity index (χ4n) is 4.35. The third-order valence-corrected chi connectivity index (χ3v) is 6.54. The quantitative estimate of drug-likeness (QED) is 0.768. The summed E-state index contributed by atoms with van der Waals surface area (Å²) in [6.07, 6.45) is 2.94. The molecule has 2 N–H and O–H groups in total. The number of fused-ring (bicyclic) bond motifs is 2. The Morgan fingerprint density at radius 3 is 2.54 bits per heavy atom. The second-order valence-corrected chi connectivity index (χ2v) is 8.74. The standard InChI is InChI=1S/C21H24N2O4S/c1-3-4-12-5-7-13(8-6-12)18-11(2)28-21(22-18)23-19(24)16-14-9-10-15(27-14)17(16)20(25)26/h5-8,14-17H,3-4,9-10H2,1-2H3,(H,25,26)(H,22,23,24)/t14-,15+,16+,17+/m1/s1. The minimum Gasteiger partial charge on any atom is -0.481 e. The lowest BCUT2D eigenvalue weighted by Crippen LogP contribution is -2.40. The Hall–Kier alpha value is -2.25. The van der Waals surface area contributed by atoms with Crippen LogP contribution in [-0.2, 0) is 20.7 Å². The van der Waals surface area contributed by atoms with Crippen LogP contribution >= 0.6 is 11.3 Å². The molecule has 0 aliphatic carbocycles. The molecule has 2 aromatic rings. The van der Waals surface area contributed by atoms with Gasteiger partial charge in [-0.3, -0.25) is 9.59 Å². The van der Waals surface area contributed by atoms with Crippen LogP contribution in [-0.4, -0.2) is 34.2 Å². The molecule has 1 amide bonds. The summed E-state index contributed by atoms with van der Waals surface area (Å²) in [5, 5.41) is 12.8. The van der Waals surface area contributed by atoms with E-state index < -0.39 is 17.8 Å². The van der Waals surface area contributed by atoms with Gasteiger partial charge in [-0.25, -0.2) is 4.98 Å². The van der Waals surface area contributed by atoms with E-state index in [1.54, 1.807) is 0 Å². The van der Waals surface area contributed by atoms with Crippen molar-refractivity contribution in [3.63, 3.8) is 0 Å². The summed E-state index contributed by atoms with van der Waals surface area (Å²) < 4.78 is 5.69. The lowest BCUT2D eigenvalue weighted by atomic mass is 9.79. The third-order valence-electron chi connectivity index (χ3n) is 5.65. The smallest absolute Gasteiger partial charge is 0.310 e. The number of benzene rings is 1. The van der Waals surface area contributed by atoms with Crippen molar-refractivity contribution in [3.8, 4) is 11.3 Å². The first kappa shape index (κ1) is 19.1. The fourth-order valence-corrected chi connectivity index (χ4v) is 5.19. The van der Waals surface area contributed by atoms with Crippen LogP contribution in [0.25, 0.3) is 11.3 Å². The predicted octanol–water partition coefficient (Wildman–Crippen LogP) is 3.89. The highest BCUT2D eigenvalue weighted by Crippen LogP contribution is 2.44. The molecule has 1 aromatic heterocycles. The van der Waals surface area contributed by atoms with E-state index in [4.69, 9.17) is 4.74 Å². The van der Waals surface area contributed by atoms with Crippen LogP contribution in [0.3, 0.4) is 0 Å². The van der Waals surface area contributed by atoms with Crippen LogP contribution in [0, 0.1) is 18.8 Å². The molecule has 2 aliphatic rings. The lowest BCUT2D eigenvalue weighted by Gasteiger charge is -2.23. The zero-order chi connectivity index (χ0) is 19.8. The second-order valence-electron chi connectivity index (χ2n) is 7.54. The van der Waals surface area contributed by atoms with E-state index in [1.807, 2.05) is 6.92 Å². The van der Waals surface area contributed by atoms with Gasteiger partial charge in [0.2, 0.25) is 5.91 Å². The van der Waals surface area contributed by atoms with Crippen molar-refractivity contribution in [2.75, 3.05) is 5.32 Å². The number of nitrogens with one attached hydrogen (secondary N) is 1. The first-order valence-corrected chi connectivity index (χ1v) is 10.6. The molecule has 2 aliphatic heterocycles. The van der Waals surface area contributed by atoms with E-state index in [1.165, 1.54) is 16.9 Å². The average Bonchev–Trinajstić information content (AvgIpc) is 3.37. The molecule has 4 rings (SSSR count). The van der Waals surface area contributed by atoms with Crippen molar-refractivity contribution < 1.29 is 19.4 Å². The van der Waals surface area contributed by atoms with Crippen molar-refractivity contribution >= 4 is 28.3 Å². The number of hydrogen-bond acceptors (Lipinski definition) is 5. The predicted molar refractivity (Wildman–Crippen MR) is 107 cm³/mol. The molecule has 0 saturated carbocycles. The SMILES string of the molecule is CCCc1ccc(-c2nc(NC(=O)[C@@H]3[C@@H](C(=O)O)[C@@H]4CC[C@H]3O4)sc2C)cc1. The Morgan fingerprint density at radius 1 is 1.21 bits per heavy atom. The van der Waals surface area contributed by atoms with Crippen molar-refractivity contribution in [1.29, 1.82) is 0 Å². The largest absolute Gasteiger partial charge is 0.481 e. The Balaban J connectivity index is 1.51. The van der Waals surface area contributed by atoms with Crippen LogP contribution in [0.15, 0.2) is 24.3 Å². The Morgan fingerprint density at radius 2 is 1.89 bits per heavy atom. The first-order valence-electron chi connectivity index (χ1n) is 9.73. The van der Waals surface area contributed by atoms with E-state index in [0.717, 1.165) is 35.4 Å². The van der Waals surface area contributed by atoms with E-state index in [-0.39, 0.29) is 18.1 Å². The van der Waals surface area contributed by atoms with Crippen LogP contribution in [0.2, 0.25) is 0 Å². The number of amides is 1. The average molecular weight is 401 g/mol. The number of anilines is 1. The monoisotopic (exact) mass is 400 g/mol. The minimum atomic E-state index is -0.962. The molecule has 6 nitrogen and oxygen atoms in total. The van der Waals surface area contributed by atoms with Gasteiger partial charge in [0.05, 0.1) is 29.7 Å². The van der Waals surface area contributed by atoms with Gasteiger partial charge in [0.1, 0.15) is 0 Å². The Bertz CT molecular complexity index is 892. The molecule has 3 heterocycles. The van der Waals surface area contributed by atoms with E-state index in [0.29, 0.717) is 11.6 Å². The second kappa shape index (κ2) is 7.64. The molecule has 7 heteroatoms. The number of rotatable bonds is 6. The maximum absolute atomic E-state index is 12.8. The fraction of sp³-hybridized carbons (Fsp3) is 0.476. The summed E-state index contributed by atoms with van der Waals surface area (Å²) in [5.41, 5.74) is 3.16. The number of carbonyl (C=O) groups excluding carboxylic acids is 1.